The summed E-state index contributed by atoms with van der Waals surface area (Å²) in [5, 5.41) is 19.6. The quantitative estimate of drug-likeness (QED) is 0.230. The number of nitrogens with zero attached hydrogens (tertiary/aromatic N) is 3. The van der Waals surface area contributed by atoms with E-state index >= 15 is 0 Å². The van der Waals surface area contributed by atoms with E-state index < -0.39 is 0 Å². The fraction of sp³-hybridized carbons (Fsp3) is 0.158. The molecule has 0 spiro atoms. The van der Waals surface area contributed by atoms with Crippen LogP contribution in [0.4, 0.5) is 17.1 Å². The maximum Gasteiger partial charge on any atom is 0.0998 e. The molecule has 7 rings (SSSR count). The predicted molar refractivity (Wildman–Crippen MR) is 166 cm³/mol. The summed E-state index contributed by atoms with van der Waals surface area (Å²) in [6.45, 7) is 9.16. The summed E-state index contributed by atoms with van der Waals surface area (Å²) in [5.41, 5.74) is 13.4. The van der Waals surface area contributed by atoms with Gasteiger partial charge in [-0.1, -0.05) is 88.4 Å². The third-order valence-electron chi connectivity index (χ3n) is 9.15. The molecular formula is C38H29N3. The molecule has 0 amide bonds. The molecule has 196 valence electrons. The summed E-state index contributed by atoms with van der Waals surface area (Å²) < 4.78 is 0. The number of benzene rings is 5. The van der Waals surface area contributed by atoms with E-state index in [0.29, 0.717) is 16.7 Å². The van der Waals surface area contributed by atoms with E-state index in [1.54, 1.807) is 18.2 Å². The second kappa shape index (κ2) is 8.69. The van der Waals surface area contributed by atoms with E-state index in [0.717, 1.165) is 11.3 Å². The molecule has 2 aliphatic rings. The molecule has 0 atom stereocenters. The van der Waals surface area contributed by atoms with Gasteiger partial charge in [0.25, 0.3) is 0 Å². The van der Waals surface area contributed by atoms with Gasteiger partial charge in [0, 0.05) is 22.1 Å². The third kappa shape index (κ3) is 3.43. The maximum absolute atomic E-state index is 9.80. The highest BCUT2D eigenvalue weighted by Gasteiger charge is 2.39. The highest BCUT2D eigenvalue weighted by molar-refractivity contribution is 5.90. The lowest BCUT2D eigenvalue weighted by atomic mass is 9.73. The molecule has 3 heteroatoms. The topological polar surface area (TPSA) is 50.8 Å². The average molecular weight is 528 g/mol. The molecule has 1 aliphatic carbocycles. The molecule has 0 fully saturated rings. The lowest BCUT2D eigenvalue weighted by Gasteiger charge is -2.42. The molecule has 3 nitrogen and oxygen atoms in total. The van der Waals surface area contributed by atoms with Crippen LogP contribution in [0.15, 0.2) is 103 Å². The second-order valence-electron chi connectivity index (χ2n) is 12.1. The summed E-state index contributed by atoms with van der Waals surface area (Å²) in [5.74, 6) is 0. The Balaban J connectivity index is 1.39. The number of para-hydroxylation sites is 2. The van der Waals surface area contributed by atoms with Gasteiger partial charge in [-0.3, -0.25) is 0 Å². The molecule has 5 aromatic rings. The van der Waals surface area contributed by atoms with Crippen LogP contribution in [0.5, 0.6) is 0 Å². The largest absolute Gasteiger partial charge is 0.310 e. The van der Waals surface area contributed by atoms with Crippen molar-refractivity contribution in [2.24, 2.45) is 0 Å². The molecule has 1 heterocycles. The van der Waals surface area contributed by atoms with E-state index in [1.165, 1.54) is 44.8 Å². The van der Waals surface area contributed by atoms with Crippen molar-refractivity contribution in [3.8, 4) is 34.4 Å². The standard InChI is InChI=1S/C38H29N3/c1-37(2)30-12-5-7-14-34(30)41(35-15-8-6-13-31(35)37)27-17-19-29-28-18-16-24(20-32(28)38(3,4)33(29)21-27)36-25(22-39)10-9-11-26(36)23-40/h5-21H,1-4H3. The van der Waals surface area contributed by atoms with E-state index in [1.807, 2.05) is 6.07 Å². The molecule has 0 bridgehead atoms. The molecular weight excluding hydrogens is 498 g/mol. The van der Waals surface area contributed by atoms with E-state index in [2.05, 4.69) is 124 Å². The van der Waals surface area contributed by atoms with Crippen molar-refractivity contribution in [3.63, 3.8) is 0 Å². The molecule has 0 radical (unpaired) electrons. The van der Waals surface area contributed by atoms with Gasteiger partial charge < -0.3 is 4.90 Å². The van der Waals surface area contributed by atoms with Crippen molar-refractivity contribution in [3.05, 3.63) is 137 Å². The molecule has 0 saturated heterocycles. The highest BCUT2D eigenvalue weighted by Crippen LogP contribution is 2.55. The summed E-state index contributed by atoms with van der Waals surface area (Å²) in [4.78, 5) is 2.41. The second-order valence-corrected chi connectivity index (χ2v) is 12.1. The van der Waals surface area contributed by atoms with Gasteiger partial charge in [-0.15, -0.1) is 0 Å². The Morgan fingerprint density at radius 3 is 1.63 bits per heavy atom. The van der Waals surface area contributed by atoms with E-state index in [9.17, 15) is 10.5 Å². The van der Waals surface area contributed by atoms with Crippen molar-refractivity contribution in [1.82, 2.24) is 0 Å². The van der Waals surface area contributed by atoms with Gasteiger partial charge in [-0.05, 0) is 81.4 Å². The fourth-order valence-electron chi connectivity index (χ4n) is 7.02. The van der Waals surface area contributed by atoms with Crippen molar-refractivity contribution in [2.75, 3.05) is 4.90 Å². The average Bonchev–Trinajstić information content (AvgIpc) is 3.22. The Kier molecular flexibility index (Phi) is 5.27. The third-order valence-corrected chi connectivity index (χ3v) is 9.15. The van der Waals surface area contributed by atoms with Crippen LogP contribution in [-0.4, -0.2) is 0 Å². The minimum absolute atomic E-state index is 0.103. The first-order valence-corrected chi connectivity index (χ1v) is 14.0. The number of anilines is 3. The van der Waals surface area contributed by atoms with Crippen LogP contribution >= 0.6 is 0 Å². The smallest absolute Gasteiger partial charge is 0.0998 e. The molecule has 0 saturated carbocycles. The lowest BCUT2D eigenvalue weighted by Crippen LogP contribution is -2.30. The van der Waals surface area contributed by atoms with Crippen LogP contribution in [0.1, 0.15) is 61.1 Å². The minimum Gasteiger partial charge on any atom is -0.310 e. The summed E-state index contributed by atoms with van der Waals surface area (Å²) in [7, 11) is 0. The first kappa shape index (κ1) is 24.9. The van der Waals surface area contributed by atoms with E-state index in [-0.39, 0.29) is 10.8 Å². The number of hydrogen-bond acceptors (Lipinski definition) is 3. The summed E-state index contributed by atoms with van der Waals surface area (Å²) in [6.07, 6.45) is 0. The van der Waals surface area contributed by atoms with Gasteiger partial charge in [0.05, 0.1) is 34.6 Å². The van der Waals surface area contributed by atoms with Crippen molar-refractivity contribution < 1.29 is 0 Å². The van der Waals surface area contributed by atoms with Gasteiger partial charge in [0.15, 0.2) is 0 Å². The number of nitriles is 2. The maximum atomic E-state index is 9.80. The fourth-order valence-corrected chi connectivity index (χ4v) is 7.02. The van der Waals surface area contributed by atoms with Crippen LogP contribution in [0.3, 0.4) is 0 Å². The predicted octanol–water partition coefficient (Wildman–Crippen LogP) is 9.51. The van der Waals surface area contributed by atoms with Crippen molar-refractivity contribution in [2.45, 2.75) is 38.5 Å². The Bertz CT molecular complexity index is 1900. The zero-order chi connectivity index (χ0) is 28.5. The summed E-state index contributed by atoms with van der Waals surface area (Å²) >= 11 is 0. The number of hydrogen-bond donors (Lipinski definition) is 0. The lowest BCUT2D eigenvalue weighted by molar-refractivity contribution is 0.631. The van der Waals surface area contributed by atoms with Crippen LogP contribution in [-0.2, 0) is 10.8 Å². The van der Waals surface area contributed by atoms with E-state index in [4.69, 9.17) is 0 Å². The molecule has 41 heavy (non-hydrogen) atoms. The molecule has 0 N–H and O–H groups in total. The molecule has 1 aliphatic heterocycles. The molecule has 0 unspecified atom stereocenters. The Labute approximate surface area is 241 Å². The molecule has 5 aromatic carbocycles. The number of fused-ring (bicyclic) bond motifs is 5. The normalized spacial score (nSPS) is 15.1. The number of rotatable bonds is 2. The van der Waals surface area contributed by atoms with Crippen LogP contribution in [0, 0.1) is 22.7 Å². The highest BCUT2D eigenvalue weighted by atomic mass is 15.2. The van der Waals surface area contributed by atoms with Gasteiger partial charge in [0.2, 0.25) is 0 Å². The minimum atomic E-state index is -0.265. The van der Waals surface area contributed by atoms with Gasteiger partial charge in [-0.25, -0.2) is 0 Å². The van der Waals surface area contributed by atoms with Crippen molar-refractivity contribution in [1.29, 1.82) is 10.5 Å². The van der Waals surface area contributed by atoms with Gasteiger partial charge >= 0.3 is 0 Å². The Hall–Kier alpha value is -5.12. The Morgan fingerprint density at radius 2 is 1.05 bits per heavy atom. The monoisotopic (exact) mass is 527 g/mol. The first-order valence-electron chi connectivity index (χ1n) is 14.0. The Morgan fingerprint density at radius 1 is 0.537 bits per heavy atom. The van der Waals surface area contributed by atoms with Crippen LogP contribution in [0.2, 0.25) is 0 Å². The van der Waals surface area contributed by atoms with Crippen LogP contribution < -0.4 is 4.90 Å². The SMILES string of the molecule is CC1(C)c2cc(-c3c(C#N)cccc3C#N)ccc2-c2ccc(N3c4ccccc4C(C)(C)c4ccccc43)cc21. The van der Waals surface area contributed by atoms with Gasteiger partial charge in [0.1, 0.15) is 0 Å². The zero-order valence-corrected chi connectivity index (χ0v) is 23.7. The molecule has 0 aromatic heterocycles. The first-order chi connectivity index (χ1) is 19.8. The summed E-state index contributed by atoms with van der Waals surface area (Å²) in [6, 6.07) is 40.6. The van der Waals surface area contributed by atoms with Crippen molar-refractivity contribution >= 4 is 17.1 Å². The van der Waals surface area contributed by atoms with Gasteiger partial charge in [-0.2, -0.15) is 10.5 Å². The van der Waals surface area contributed by atoms with Crippen LogP contribution in [0.25, 0.3) is 22.3 Å². The zero-order valence-electron chi connectivity index (χ0n) is 23.7.